The molecule has 1 atom stereocenters. The largest absolute Gasteiger partial charge is 0.493 e. The number of ether oxygens (including phenoxy) is 4. The summed E-state index contributed by atoms with van der Waals surface area (Å²) in [6, 6.07) is 11.9. The van der Waals surface area contributed by atoms with E-state index in [1.807, 2.05) is 48.1 Å². The van der Waals surface area contributed by atoms with Crippen molar-refractivity contribution in [1.82, 2.24) is 4.57 Å². The molecule has 0 saturated carbocycles. The van der Waals surface area contributed by atoms with Crippen LogP contribution in [0.2, 0.25) is 0 Å². The molecule has 2 aliphatic heterocycles. The molecule has 28 heavy (non-hydrogen) atoms. The monoisotopic (exact) mass is 375 g/mol. The van der Waals surface area contributed by atoms with E-state index in [1.165, 1.54) is 0 Å². The number of rotatable bonds is 2. The summed E-state index contributed by atoms with van der Waals surface area (Å²) in [6.45, 7) is 0.132. The Kier molecular flexibility index (Phi) is 3.43. The lowest BCUT2D eigenvalue weighted by Gasteiger charge is -2.27. The van der Waals surface area contributed by atoms with Gasteiger partial charge < -0.3 is 29.2 Å². The summed E-state index contributed by atoms with van der Waals surface area (Å²) in [7, 11) is 3.54. The first-order chi connectivity index (χ1) is 13.6. The minimum absolute atomic E-state index is 0.105. The van der Waals surface area contributed by atoms with Crippen LogP contribution in [0, 0.1) is 11.3 Å². The van der Waals surface area contributed by atoms with Crippen molar-refractivity contribution in [2.45, 2.75) is 5.92 Å². The second-order valence-corrected chi connectivity index (χ2v) is 6.73. The Bertz CT molecular complexity index is 1200. The fourth-order valence-corrected chi connectivity index (χ4v) is 3.93. The van der Waals surface area contributed by atoms with Crippen LogP contribution in [0.25, 0.3) is 10.9 Å². The van der Waals surface area contributed by atoms with E-state index in [0.717, 1.165) is 22.0 Å². The highest BCUT2D eigenvalue weighted by atomic mass is 16.7. The van der Waals surface area contributed by atoms with Crippen LogP contribution in [0.15, 0.2) is 48.0 Å². The number of allylic oxidation sites excluding steroid dienone is 1. The average molecular weight is 375 g/mol. The molecule has 1 aromatic heterocycles. The van der Waals surface area contributed by atoms with Gasteiger partial charge in [-0.25, -0.2) is 0 Å². The van der Waals surface area contributed by atoms with E-state index in [-0.39, 0.29) is 12.7 Å². The van der Waals surface area contributed by atoms with Crippen LogP contribution in [-0.4, -0.2) is 18.5 Å². The first-order valence-electron chi connectivity index (χ1n) is 8.75. The zero-order valence-electron chi connectivity index (χ0n) is 15.4. The highest BCUT2D eigenvalue weighted by molar-refractivity contribution is 5.89. The fraction of sp³-hybridized carbons (Fsp3) is 0.190. The zero-order valence-corrected chi connectivity index (χ0v) is 15.4. The number of aromatic nitrogens is 1. The Labute approximate surface area is 161 Å². The van der Waals surface area contributed by atoms with E-state index in [9.17, 15) is 5.26 Å². The van der Waals surface area contributed by atoms with Crippen molar-refractivity contribution >= 4 is 10.9 Å². The Balaban J connectivity index is 1.78. The van der Waals surface area contributed by atoms with Crippen LogP contribution in [-0.2, 0) is 7.05 Å². The third-order valence-corrected chi connectivity index (χ3v) is 5.26. The Hall–Kier alpha value is -3.79. The molecule has 140 valence electrons. The number of fused-ring (bicyclic) bond motifs is 4. The summed E-state index contributed by atoms with van der Waals surface area (Å²) >= 11 is 0. The normalized spacial score (nSPS) is 17.2. The van der Waals surface area contributed by atoms with Crippen LogP contribution >= 0.6 is 0 Å². The summed E-state index contributed by atoms with van der Waals surface area (Å²) in [5, 5.41) is 10.7. The van der Waals surface area contributed by atoms with Crippen LogP contribution in [0.4, 0.5) is 0 Å². The lowest BCUT2D eigenvalue weighted by Crippen LogP contribution is -2.21. The second kappa shape index (κ2) is 5.86. The van der Waals surface area contributed by atoms with Crippen molar-refractivity contribution in [2.24, 2.45) is 12.8 Å². The quantitative estimate of drug-likeness (QED) is 0.740. The number of methoxy groups -OCH3 is 1. The van der Waals surface area contributed by atoms with Gasteiger partial charge in [0.2, 0.25) is 18.4 Å². The van der Waals surface area contributed by atoms with E-state index < -0.39 is 5.92 Å². The molecule has 7 heteroatoms. The minimum Gasteiger partial charge on any atom is -0.493 e. The highest BCUT2D eigenvalue weighted by Gasteiger charge is 2.34. The number of hydrogen-bond donors (Lipinski definition) is 1. The van der Waals surface area contributed by atoms with E-state index in [4.69, 9.17) is 24.7 Å². The summed E-state index contributed by atoms with van der Waals surface area (Å²) < 4.78 is 24.4. The molecule has 0 radical (unpaired) electrons. The summed E-state index contributed by atoms with van der Waals surface area (Å²) in [5.41, 5.74) is 9.21. The molecule has 5 rings (SSSR count). The van der Waals surface area contributed by atoms with Gasteiger partial charge in [0.05, 0.1) is 18.5 Å². The maximum Gasteiger partial charge on any atom is 0.231 e. The molecule has 2 N–H and O–H groups in total. The van der Waals surface area contributed by atoms with Gasteiger partial charge in [0.25, 0.3) is 0 Å². The molecule has 1 unspecified atom stereocenters. The number of aryl methyl sites for hydroxylation is 1. The van der Waals surface area contributed by atoms with E-state index in [0.29, 0.717) is 28.6 Å². The molecule has 2 aliphatic rings. The first-order valence-corrected chi connectivity index (χ1v) is 8.75. The van der Waals surface area contributed by atoms with Gasteiger partial charge in [-0.05, 0) is 29.8 Å². The van der Waals surface area contributed by atoms with Gasteiger partial charge in [-0.1, -0.05) is 6.07 Å². The van der Waals surface area contributed by atoms with Gasteiger partial charge in [0, 0.05) is 24.2 Å². The molecule has 3 heterocycles. The van der Waals surface area contributed by atoms with Gasteiger partial charge in [-0.15, -0.1) is 0 Å². The van der Waals surface area contributed by atoms with Crippen LogP contribution in [0.5, 0.6) is 23.0 Å². The molecule has 0 bridgehead atoms. The first kappa shape index (κ1) is 16.4. The zero-order chi connectivity index (χ0) is 19.4. The number of benzene rings is 2. The number of nitriles is 1. The van der Waals surface area contributed by atoms with Crippen LogP contribution in [0.1, 0.15) is 17.0 Å². The minimum atomic E-state index is -0.401. The van der Waals surface area contributed by atoms with Crippen molar-refractivity contribution in [2.75, 3.05) is 13.9 Å². The molecule has 2 aromatic carbocycles. The predicted octanol–water partition coefficient (Wildman–Crippen LogP) is 3.13. The Morgan fingerprint density at radius 1 is 1.21 bits per heavy atom. The summed E-state index contributed by atoms with van der Waals surface area (Å²) in [6.07, 6.45) is 1.96. The van der Waals surface area contributed by atoms with E-state index >= 15 is 0 Å². The maximum atomic E-state index is 9.80. The number of nitrogens with zero attached hydrogens (tertiary/aromatic N) is 2. The Morgan fingerprint density at radius 3 is 2.86 bits per heavy atom. The summed E-state index contributed by atoms with van der Waals surface area (Å²) in [5.74, 6) is 2.06. The standard InChI is InChI=1S/C21H17N3O4/c1-24-6-5-12-15(24)4-3-13-18(14(9-22)21(23)28-19(12)13)11-7-16(25-2)20-17(8-11)26-10-27-20/h3-8,18H,10,23H2,1-2H3. The number of hydrogen-bond acceptors (Lipinski definition) is 6. The van der Waals surface area contributed by atoms with E-state index in [1.54, 1.807) is 7.11 Å². The third-order valence-electron chi connectivity index (χ3n) is 5.26. The third kappa shape index (κ3) is 2.15. The van der Waals surface area contributed by atoms with Gasteiger partial charge in [-0.2, -0.15) is 5.26 Å². The number of nitrogens with two attached hydrogens (primary N) is 1. The molecule has 0 amide bonds. The molecular formula is C21H17N3O4. The molecule has 0 saturated heterocycles. The van der Waals surface area contributed by atoms with Crippen LogP contribution < -0.4 is 24.7 Å². The SMILES string of the molecule is COc1cc(C2C(C#N)=C(N)Oc3c2ccc2c3ccn2C)cc2c1OCO2. The maximum absolute atomic E-state index is 9.80. The van der Waals surface area contributed by atoms with Crippen molar-refractivity contribution < 1.29 is 18.9 Å². The molecule has 3 aromatic rings. The highest BCUT2D eigenvalue weighted by Crippen LogP contribution is 2.49. The molecule has 0 spiro atoms. The van der Waals surface area contributed by atoms with Crippen LogP contribution in [0.3, 0.4) is 0 Å². The van der Waals surface area contributed by atoms with Crippen molar-refractivity contribution in [3.8, 4) is 29.1 Å². The van der Waals surface area contributed by atoms with Gasteiger partial charge in [0.15, 0.2) is 11.5 Å². The second-order valence-electron chi connectivity index (χ2n) is 6.73. The van der Waals surface area contributed by atoms with Gasteiger partial charge in [-0.3, -0.25) is 0 Å². The van der Waals surface area contributed by atoms with E-state index in [2.05, 4.69) is 6.07 Å². The van der Waals surface area contributed by atoms with Gasteiger partial charge in [0.1, 0.15) is 17.4 Å². The lowest BCUT2D eigenvalue weighted by atomic mass is 9.82. The molecule has 7 nitrogen and oxygen atoms in total. The van der Waals surface area contributed by atoms with Gasteiger partial charge >= 0.3 is 0 Å². The van der Waals surface area contributed by atoms with Crippen molar-refractivity contribution in [3.63, 3.8) is 0 Å². The predicted molar refractivity (Wildman–Crippen MR) is 101 cm³/mol. The Morgan fingerprint density at radius 2 is 2.07 bits per heavy atom. The molecule has 0 fully saturated rings. The summed E-state index contributed by atoms with van der Waals surface area (Å²) in [4.78, 5) is 0. The topological polar surface area (TPSA) is 91.7 Å². The lowest BCUT2D eigenvalue weighted by molar-refractivity contribution is 0.171. The smallest absolute Gasteiger partial charge is 0.231 e. The van der Waals surface area contributed by atoms with Crippen molar-refractivity contribution in [3.05, 3.63) is 59.1 Å². The van der Waals surface area contributed by atoms with Crippen molar-refractivity contribution in [1.29, 1.82) is 5.26 Å². The average Bonchev–Trinajstić information content (AvgIpc) is 3.33. The fourth-order valence-electron chi connectivity index (χ4n) is 3.93. The molecular weight excluding hydrogens is 358 g/mol. The molecule has 0 aliphatic carbocycles.